The lowest BCUT2D eigenvalue weighted by molar-refractivity contribution is -0.122. The summed E-state index contributed by atoms with van der Waals surface area (Å²) in [6.45, 7) is 0.587. The number of hydrogen-bond donors (Lipinski definition) is 4. The summed E-state index contributed by atoms with van der Waals surface area (Å²) in [5.41, 5.74) is 2.59. The van der Waals surface area contributed by atoms with Gasteiger partial charge in [0.05, 0.1) is 29.6 Å². The molecular formula is C21H23ClN4O3S. The zero-order chi connectivity index (χ0) is 21.3. The molecule has 2 aromatic heterocycles. The molecule has 158 valence electrons. The summed E-state index contributed by atoms with van der Waals surface area (Å²) in [6.07, 6.45) is 0.639. The molecule has 0 fully saturated rings. The van der Waals surface area contributed by atoms with Gasteiger partial charge in [0.15, 0.2) is 0 Å². The molecule has 0 radical (unpaired) electrons. The number of carbonyl (C=O) groups is 2. The van der Waals surface area contributed by atoms with E-state index < -0.39 is 0 Å². The molecule has 1 aliphatic rings. The topological polar surface area (TPSA) is 97.5 Å². The summed E-state index contributed by atoms with van der Waals surface area (Å²) in [5, 5.41) is 16.1. The zero-order valence-electron chi connectivity index (χ0n) is 16.4. The number of amides is 2. The van der Waals surface area contributed by atoms with Crippen molar-refractivity contribution in [2.24, 2.45) is 0 Å². The fourth-order valence-electron chi connectivity index (χ4n) is 3.88. The minimum atomic E-state index is -0.314. The number of nitrogens with one attached hydrogen (secondary N) is 3. The third-order valence-electron chi connectivity index (χ3n) is 5.28. The Bertz CT molecular complexity index is 1050. The number of rotatable bonds is 7. The number of aromatic amines is 1. The van der Waals surface area contributed by atoms with E-state index in [1.54, 1.807) is 18.0 Å². The van der Waals surface area contributed by atoms with Gasteiger partial charge in [-0.05, 0) is 36.7 Å². The smallest absolute Gasteiger partial charge is 0.268 e. The van der Waals surface area contributed by atoms with Gasteiger partial charge in [0, 0.05) is 11.9 Å². The molecule has 3 aromatic rings. The molecule has 30 heavy (non-hydrogen) atoms. The van der Waals surface area contributed by atoms with E-state index >= 15 is 0 Å². The average Bonchev–Trinajstić information content (AvgIpc) is 3.33. The molecule has 0 unspecified atom stereocenters. The van der Waals surface area contributed by atoms with Crippen LogP contribution >= 0.6 is 22.9 Å². The van der Waals surface area contributed by atoms with Crippen molar-refractivity contribution in [1.82, 2.24) is 20.5 Å². The highest BCUT2D eigenvalue weighted by atomic mass is 35.5. The van der Waals surface area contributed by atoms with E-state index in [0.717, 1.165) is 21.3 Å². The second-order valence-corrected chi connectivity index (χ2v) is 9.19. The predicted octanol–water partition coefficient (Wildman–Crippen LogP) is 2.32. The molecule has 0 aliphatic heterocycles. The molecule has 2 heterocycles. The van der Waals surface area contributed by atoms with Gasteiger partial charge < -0.3 is 20.7 Å². The van der Waals surface area contributed by atoms with E-state index in [9.17, 15) is 9.59 Å². The molecule has 2 amide bonds. The molecule has 0 spiro atoms. The van der Waals surface area contributed by atoms with Crippen LogP contribution < -0.4 is 10.6 Å². The second kappa shape index (κ2) is 8.77. The minimum absolute atomic E-state index is 0.00641. The maximum Gasteiger partial charge on any atom is 0.268 e. The average molecular weight is 447 g/mol. The molecule has 7 nitrogen and oxygen atoms in total. The Morgan fingerprint density at radius 1 is 1.30 bits per heavy atom. The van der Waals surface area contributed by atoms with E-state index in [0.29, 0.717) is 23.0 Å². The number of likely N-dealkylation sites (N-methyl/N-ethyl adjacent to an activating group) is 1. The predicted molar refractivity (Wildman–Crippen MR) is 118 cm³/mol. The van der Waals surface area contributed by atoms with Crippen LogP contribution in [0.15, 0.2) is 36.4 Å². The van der Waals surface area contributed by atoms with Crippen molar-refractivity contribution in [1.29, 1.82) is 0 Å². The first kappa shape index (κ1) is 20.9. The van der Waals surface area contributed by atoms with E-state index in [1.807, 2.05) is 30.3 Å². The van der Waals surface area contributed by atoms with Crippen LogP contribution in [0, 0.1) is 0 Å². The van der Waals surface area contributed by atoms with Crippen LogP contribution in [0.3, 0.4) is 0 Å². The van der Waals surface area contributed by atoms with E-state index in [-0.39, 0.29) is 37.0 Å². The summed E-state index contributed by atoms with van der Waals surface area (Å²) in [7, 11) is 1.78. The molecule has 0 bridgehead atoms. The molecular weight excluding hydrogens is 424 g/mol. The van der Waals surface area contributed by atoms with Crippen LogP contribution in [0.1, 0.15) is 27.7 Å². The number of carbonyl (C=O) groups excluding carboxylic acids is 2. The molecule has 2 atom stereocenters. The van der Waals surface area contributed by atoms with Crippen molar-refractivity contribution in [3.05, 3.63) is 57.6 Å². The number of H-pyrrole nitrogens is 1. The van der Waals surface area contributed by atoms with Gasteiger partial charge >= 0.3 is 0 Å². The van der Waals surface area contributed by atoms with Gasteiger partial charge in [0.1, 0.15) is 10.5 Å². The minimum Gasteiger partial charge on any atom is -0.395 e. The van der Waals surface area contributed by atoms with E-state index in [2.05, 4.69) is 15.6 Å². The first-order chi connectivity index (χ1) is 14.4. The van der Waals surface area contributed by atoms with Crippen LogP contribution in [0.2, 0.25) is 4.34 Å². The summed E-state index contributed by atoms with van der Waals surface area (Å²) >= 11 is 7.40. The number of hydrogen-bond acceptors (Lipinski definition) is 5. The highest BCUT2D eigenvalue weighted by Crippen LogP contribution is 2.32. The lowest BCUT2D eigenvalue weighted by Crippen LogP contribution is -2.46. The fourth-order valence-corrected chi connectivity index (χ4v) is 5.01. The fraction of sp³-hybridized carbons (Fsp3) is 0.333. The molecule has 0 saturated carbocycles. The maximum atomic E-state index is 12.9. The van der Waals surface area contributed by atoms with Gasteiger partial charge in [-0.15, -0.1) is 11.3 Å². The van der Waals surface area contributed by atoms with Crippen LogP contribution in [0.25, 0.3) is 10.2 Å². The Labute approximate surface area is 183 Å². The van der Waals surface area contributed by atoms with Gasteiger partial charge in [-0.25, -0.2) is 0 Å². The molecule has 1 aromatic carbocycles. The van der Waals surface area contributed by atoms with Crippen LogP contribution in [-0.4, -0.2) is 59.6 Å². The van der Waals surface area contributed by atoms with Gasteiger partial charge in [-0.1, -0.05) is 35.9 Å². The van der Waals surface area contributed by atoms with Crippen LogP contribution in [-0.2, 0) is 11.2 Å². The number of nitrogens with zero attached hydrogens (tertiary/aromatic N) is 1. The molecule has 4 rings (SSSR count). The highest BCUT2D eigenvalue weighted by molar-refractivity contribution is 7.22. The highest BCUT2D eigenvalue weighted by Gasteiger charge is 2.34. The Kier molecular flexibility index (Phi) is 6.10. The number of halogens is 1. The van der Waals surface area contributed by atoms with E-state index in [4.69, 9.17) is 16.7 Å². The Balaban J connectivity index is 1.49. The van der Waals surface area contributed by atoms with Gasteiger partial charge in [0.2, 0.25) is 5.91 Å². The molecule has 0 saturated heterocycles. The van der Waals surface area contributed by atoms with Gasteiger partial charge in [0.25, 0.3) is 5.91 Å². The lowest BCUT2D eigenvalue weighted by atomic mass is 10.1. The number of aromatic nitrogens is 1. The number of fused-ring (bicyclic) bond motifs is 2. The number of thiophene rings is 1. The Hall–Kier alpha value is -2.39. The van der Waals surface area contributed by atoms with E-state index in [1.165, 1.54) is 11.3 Å². The summed E-state index contributed by atoms with van der Waals surface area (Å²) in [5.74, 6) is -0.370. The van der Waals surface area contributed by atoms with Crippen molar-refractivity contribution >= 4 is 45.0 Å². The second-order valence-electron chi connectivity index (χ2n) is 7.51. The van der Waals surface area contributed by atoms with Crippen molar-refractivity contribution in [2.45, 2.75) is 18.5 Å². The number of benzene rings is 1. The third-order valence-corrected chi connectivity index (χ3v) is 6.48. The largest absolute Gasteiger partial charge is 0.395 e. The summed E-state index contributed by atoms with van der Waals surface area (Å²) in [6, 6.07) is 10.9. The van der Waals surface area contributed by atoms with Crippen molar-refractivity contribution in [2.75, 3.05) is 26.7 Å². The summed E-state index contributed by atoms with van der Waals surface area (Å²) in [4.78, 5) is 31.1. The Morgan fingerprint density at radius 2 is 2.10 bits per heavy atom. The summed E-state index contributed by atoms with van der Waals surface area (Å²) < 4.78 is 0.670. The number of aliphatic hydroxyl groups is 1. The van der Waals surface area contributed by atoms with Gasteiger partial charge in [-0.2, -0.15) is 0 Å². The first-order valence-corrected chi connectivity index (χ1v) is 10.9. The quantitative estimate of drug-likeness (QED) is 0.447. The first-order valence-electron chi connectivity index (χ1n) is 9.70. The lowest BCUT2D eigenvalue weighted by Gasteiger charge is -2.24. The van der Waals surface area contributed by atoms with Gasteiger partial charge in [-0.3, -0.25) is 14.5 Å². The molecule has 4 N–H and O–H groups in total. The van der Waals surface area contributed by atoms with Crippen molar-refractivity contribution in [3.8, 4) is 0 Å². The van der Waals surface area contributed by atoms with Crippen molar-refractivity contribution in [3.63, 3.8) is 0 Å². The Morgan fingerprint density at radius 3 is 2.87 bits per heavy atom. The zero-order valence-corrected chi connectivity index (χ0v) is 18.0. The third kappa shape index (κ3) is 4.37. The maximum absolute atomic E-state index is 12.9. The van der Waals surface area contributed by atoms with Crippen molar-refractivity contribution < 1.29 is 14.7 Å². The SMILES string of the molecule is CN(CCO)CC(=O)N[C@H]1c2ccccc2C[C@H]1NC(=O)c1cc2cc(Cl)sc2[nH]1. The monoisotopic (exact) mass is 446 g/mol. The van der Waals surface area contributed by atoms with Crippen LogP contribution in [0.5, 0.6) is 0 Å². The molecule has 1 aliphatic carbocycles. The van der Waals surface area contributed by atoms with Crippen LogP contribution in [0.4, 0.5) is 0 Å². The normalized spacial score (nSPS) is 18.0. The molecule has 9 heteroatoms. The number of aliphatic hydroxyl groups excluding tert-OH is 1. The standard InChI is InChI=1S/C21H23ClN4O3S/c1-26(6-7-27)11-18(28)25-19-14-5-3-2-4-12(14)8-15(19)23-20(29)16-9-13-10-17(22)30-21(13)24-16/h2-5,9-10,15,19,24,27H,6-8,11H2,1H3,(H,23,29)(H,25,28)/t15-,19+/m1/s1.